The molecular formula is C9H19N3O2. The number of nitrogens with zero attached hydrogens (tertiary/aromatic N) is 2. The van der Waals surface area contributed by atoms with Crippen molar-refractivity contribution in [1.29, 1.82) is 0 Å². The van der Waals surface area contributed by atoms with Crippen LogP contribution in [0.4, 0.5) is 0 Å². The lowest BCUT2D eigenvalue weighted by Crippen LogP contribution is -2.27. The molecule has 0 heterocycles. The van der Waals surface area contributed by atoms with Crippen LogP contribution in [0, 0.1) is 16.0 Å². The highest BCUT2D eigenvalue weighted by atomic mass is 16.7. The van der Waals surface area contributed by atoms with Gasteiger partial charge in [0.1, 0.15) is 0 Å². The van der Waals surface area contributed by atoms with Gasteiger partial charge in [0.05, 0.1) is 5.10 Å². The first kappa shape index (κ1) is 12.9. The van der Waals surface area contributed by atoms with Crippen LogP contribution in [0.25, 0.3) is 0 Å². The molecule has 0 aliphatic carbocycles. The van der Waals surface area contributed by atoms with Gasteiger partial charge < -0.3 is 5.32 Å². The van der Waals surface area contributed by atoms with E-state index in [0.717, 1.165) is 25.8 Å². The van der Waals surface area contributed by atoms with E-state index in [0.29, 0.717) is 11.8 Å². The van der Waals surface area contributed by atoms with E-state index in [-0.39, 0.29) is 0 Å². The fourth-order valence-electron chi connectivity index (χ4n) is 1.31. The van der Waals surface area contributed by atoms with E-state index in [1.54, 1.807) is 6.92 Å². The van der Waals surface area contributed by atoms with Gasteiger partial charge in [-0.2, -0.15) is 0 Å². The molecule has 0 aromatic carbocycles. The minimum Gasteiger partial charge on any atom is -0.368 e. The number of rotatable bonds is 6. The smallest absolute Gasteiger partial charge is 0.192 e. The number of amidine groups is 1. The molecule has 0 aromatic rings. The molecule has 0 saturated carbocycles. The Labute approximate surface area is 84.7 Å². The molecule has 1 unspecified atom stereocenters. The van der Waals surface area contributed by atoms with Crippen LogP contribution < -0.4 is 5.32 Å². The zero-order valence-corrected chi connectivity index (χ0v) is 9.12. The maximum Gasteiger partial charge on any atom is 0.192 e. The lowest BCUT2D eigenvalue weighted by atomic mass is 10.0. The third-order valence-electron chi connectivity index (χ3n) is 2.15. The first-order valence-electron chi connectivity index (χ1n) is 5.03. The quantitative estimate of drug-likeness (QED) is 0.309. The molecule has 0 saturated heterocycles. The predicted octanol–water partition coefficient (Wildman–Crippen LogP) is 2.01. The number of nitrogens with one attached hydrogen (secondary N) is 1. The summed E-state index contributed by atoms with van der Waals surface area (Å²) in [7, 11) is 0. The SMILES string of the molecule is CCCC(CC)CN/C(C)=N\[N+](=O)[O-]. The average Bonchev–Trinajstić information content (AvgIpc) is 2.11. The molecule has 1 N–H and O–H groups in total. The van der Waals surface area contributed by atoms with Crippen molar-refractivity contribution >= 4 is 5.84 Å². The molecule has 0 aliphatic heterocycles. The van der Waals surface area contributed by atoms with E-state index in [4.69, 9.17) is 0 Å². The summed E-state index contributed by atoms with van der Waals surface area (Å²) in [5, 5.41) is 15.5. The summed E-state index contributed by atoms with van der Waals surface area (Å²) in [6, 6.07) is 0. The fraction of sp³-hybridized carbons (Fsp3) is 0.889. The molecule has 5 heteroatoms. The van der Waals surface area contributed by atoms with E-state index < -0.39 is 5.03 Å². The van der Waals surface area contributed by atoms with Gasteiger partial charge in [0.25, 0.3) is 0 Å². The van der Waals surface area contributed by atoms with Crippen LogP contribution in [-0.4, -0.2) is 17.4 Å². The van der Waals surface area contributed by atoms with E-state index in [9.17, 15) is 10.1 Å². The number of hydrazone groups is 1. The molecule has 0 rings (SSSR count). The summed E-state index contributed by atoms with van der Waals surface area (Å²) in [6.07, 6.45) is 3.38. The van der Waals surface area contributed by atoms with Crippen molar-refractivity contribution in [2.75, 3.05) is 6.54 Å². The van der Waals surface area contributed by atoms with Crippen LogP contribution in [0.15, 0.2) is 5.10 Å². The van der Waals surface area contributed by atoms with Crippen LogP contribution in [0.2, 0.25) is 0 Å². The van der Waals surface area contributed by atoms with Crippen molar-refractivity contribution in [3.05, 3.63) is 10.1 Å². The predicted molar refractivity (Wildman–Crippen MR) is 56.8 cm³/mol. The van der Waals surface area contributed by atoms with Gasteiger partial charge in [0.2, 0.25) is 0 Å². The van der Waals surface area contributed by atoms with Gasteiger partial charge in [-0.1, -0.05) is 26.7 Å². The van der Waals surface area contributed by atoms with Crippen molar-refractivity contribution in [2.45, 2.75) is 40.0 Å². The molecule has 0 radical (unpaired) electrons. The van der Waals surface area contributed by atoms with Crippen LogP contribution >= 0.6 is 0 Å². The molecule has 0 spiro atoms. The van der Waals surface area contributed by atoms with E-state index in [1.165, 1.54) is 0 Å². The molecule has 1 atom stereocenters. The van der Waals surface area contributed by atoms with Crippen molar-refractivity contribution < 1.29 is 5.03 Å². The normalized spacial score (nSPS) is 13.8. The molecule has 0 bridgehead atoms. The average molecular weight is 201 g/mol. The molecule has 0 fully saturated rings. The fourth-order valence-corrected chi connectivity index (χ4v) is 1.31. The Kier molecular flexibility index (Phi) is 6.70. The number of hydrogen-bond acceptors (Lipinski definition) is 2. The van der Waals surface area contributed by atoms with Gasteiger partial charge in [0, 0.05) is 6.54 Å². The second kappa shape index (κ2) is 7.29. The Hall–Kier alpha value is -1.13. The minimum absolute atomic E-state index is 0.379. The van der Waals surface area contributed by atoms with Crippen molar-refractivity contribution in [2.24, 2.45) is 11.0 Å². The van der Waals surface area contributed by atoms with E-state index in [2.05, 4.69) is 24.3 Å². The Morgan fingerprint density at radius 3 is 2.64 bits per heavy atom. The Balaban J connectivity index is 3.84. The molecule has 0 amide bonds. The minimum atomic E-state index is -0.677. The van der Waals surface area contributed by atoms with Crippen LogP contribution in [0.1, 0.15) is 40.0 Å². The second-order valence-corrected chi connectivity index (χ2v) is 3.37. The summed E-state index contributed by atoms with van der Waals surface area (Å²) < 4.78 is 0. The Morgan fingerprint density at radius 1 is 1.57 bits per heavy atom. The van der Waals surface area contributed by atoms with Crippen molar-refractivity contribution in [3.8, 4) is 0 Å². The van der Waals surface area contributed by atoms with E-state index >= 15 is 0 Å². The van der Waals surface area contributed by atoms with Crippen LogP contribution in [0.5, 0.6) is 0 Å². The van der Waals surface area contributed by atoms with Crippen molar-refractivity contribution in [1.82, 2.24) is 5.32 Å². The standard InChI is InChI=1S/C9H19N3O2/c1-4-6-9(5-2)7-10-8(3)11-12(13)14/h9H,4-7H2,1-3H3,(H,10,11). The molecule has 14 heavy (non-hydrogen) atoms. The lowest BCUT2D eigenvalue weighted by Gasteiger charge is -2.13. The van der Waals surface area contributed by atoms with Gasteiger partial charge in [0.15, 0.2) is 10.9 Å². The zero-order chi connectivity index (χ0) is 11.0. The number of hydrogen-bond donors (Lipinski definition) is 1. The zero-order valence-electron chi connectivity index (χ0n) is 9.12. The molecular weight excluding hydrogens is 182 g/mol. The highest BCUT2D eigenvalue weighted by Crippen LogP contribution is 2.08. The van der Waals surface area contributed by atoms with Crippen LogP contribution in [-0.2, 0) is 0 Å². The summed E-state index contributed by atoms with van der Waals surface area (Å²) >= 11 is 0. The third kappa shape index (κ3) is 6.39. The van der Waals surface area contributed by atoms with Gasteiger partial charge >= 0.3 is 0 Å². The third-order valence-corrected chi connectivity index (χ3v) is 2.15. The second-order valence-electron chi connectivity index (χ2n) is 3.37. The van der Waals surface area contributed by atoms with Gasteiger partial charge in [-0.05, 0) is 19.3 Å². The maximum absolute atomic E-state index is 10.0. The molecule has 5 nitrogen and oxygen atoms in total. The van der Waals surface area contributed by atoms with Crippen molar-refractivity contribution in [3.63, 3.8) is 0 Å². The van der Waals surface area contributed by atoms with E-state index in [1.807, 2.05) is 0 Å². The topological polar surface area (TPSA) is 67.5 Å². The largest absolute Gasteiger partial charge is 0.368 e. The monoisotopic (exact) mass is 201 g/mol. The Bertz CT molecular complexity index is 204. The van der Waals surface area contributed by atoms with Gasteiger partial charge in [-0.3, -0.25) is 0 Å². The highest BCUT2D eigenvalue weighted by Gasteiger charge is 2.05. The Morgan fingerprint density at radius 2 is 2.21 bits per heavy atom. The summed E-state index contributed by atoms with van der Waals surface area (Å²) in [5.74, 6) is 0.960. The molecule has 0 aliphatic rings. The lowest BCUT2D eigenvalue weighted by molar-refractivity contribution is -0.485. The highest BCUT2D eigenvalue weighted by molar-refractivity contribution is 5.78. The summed E-state index contributed by atoms with van der Waals surface area (Å²) in [6.45, 7) is 6.65. The summed E-state index contributed by atoms with van der Waals surface area (Å²) in [5.41, 5.74) is 0. The maximum atomic E-state index is 10.0. The first-order valence-corrected chi connectivity index (χ1v) is 5.03. The van der Waals surface area contributed by atoms with Gasteiger partial charge in [-0.25, -0.2) is 10.1 Å². The van der Waals surface area contributed by atoms with Gasteiger partial charge in [-0.15, -0.1) is 0 Å². The number of nitro groups is 1. The molecule has 82 valence electrons. The summed E-state index contributed by atoms with van der Waals surface area (Å²) in [4.78, 5) is 10.0. The molecule has 0 aromatic heterocycles. The van der Waals surface area contributed by atoms with Crippen LogP contribution in [0.3, 0.4) is 0 Å². The first-order chi connectivity index (χ1) is 6.60.